The molecule has 1 aromatic heterocycles. The topological polar surface area (TPSA) is 59.0 Å². The van der Waals surface area contributed by atoms with Gasteiger partial charge in [-0.1, -0.05) is 25.0 Å². The lowest BCUT2D eigenvalue weighted by Gasteiger charge is -2.13. The van der Waals surface area contributed by atoms with Gasteiger partial charge in [-0.15, -0.1) is 0 Å². The minimum atomic E-state index is -0.0302. The summed E-state index contributed by atoms with van der Waals surface area (Å²) in [5, 5.41) is 5.97. The molecule has 5 heteroatoms. The Hall–Kier alpha value is -2.04. The zero-order valence-electron chi connectivity index (χ0n) is 12.2. The van der Waals surface area contributed by atoms with Crippen molar-refractivity contribution in [2.75, 3.05) is 6.54 Å². The highest BCUT2D eigenvalue weighted by molar-refractivity contribution is 5.75. The van der Waals surface area contributed by atoms with Crippen LogP contribution in [-0.2, 0) is 6.54 Å². The average molecular weight is 286 g/mol. The van der Waals surface area contributed by atoms with E-state index in [2.05, 4.69) is 26.3 Å². The molecular weight excluding hydrogens is 264 g/mol. The molecule has 1 fully saturated rings. The lowest BCUT2D eigenvalue weighted by Crippen LogP contribution is -2.41. The lowest BCUT2D eigenvalue weighted by atomic mass is 10.2. The molecule has 2 amide bonds. The van der Waals surface area contributed by atoms with Crippen molar-refractivity contribution in [1.29, 1.82) is 0 Å². The van der Waals surface area contributed by atoms with Gasteiger partial charge in [0.15, 0.2) is 0 Å². The molecular formula is C16H22N4O. The van der Waals surface area contributed by atoms with Gasteiger partial charge >= 0.3 is 6.03 Å². The number of aryl methyl sites for hydroxylation is 1. The molecule has 1 aliphatic rings. The van der Waals surface area contributed by atoms with Crippen molar-refractivity contribution in [2.45, 2.75) is 44.7 Å². The SMILES string of the molecule is O=C(NCCCn1cnc2ccccc21)NC1CCCC1. The van der Waals surface area contributed by atoms with E-state index in [4.69, 9.17) is 0 Å². The third-order valence-electron chi connectivity index (χ3n) is 4.08. The Morgan fingerprint density at radius 2 is 2.10 bits per heavy atom. The van der Waals surface area contributed by atoms with Crippen molar-refractivity contribution in [2.24, 2.45) is 0 Å². The van der Waals surface area contributed by atoms with Crippen molar-refractivity contribution < 1.29 is 4.79 Å². The van der Waals surface area contributed by atoms with Crippen LogP contribution >= 0.6 is 0 Å². The lowest BCUT2D eigenvalue weighted by molar-refractivity contribution is 0.237. The van der Waals surface area contributed by atoms with E-state index >= 15 is 0 Å². The minimum Gasteiger partial charge on any atom is -0.338 e. The number of hydrogen-bond acceptors (Lipinski definition) is 2. The molecule has 0 saturated heterocycles. The Morgan fingerprint density at radius 3 is 2.95 bits per heavy atom. The van der Waals surface area contributed by atoms with Gasteiger partial charge in [0.1, 0.15) is 0 Å². The first-order valence-electron chi connectivity index (χ1n) is 7.77. The number of urea groups is 1. The van der Waals surface area contributed by atoms with E-state index in [1.165, 1.54) is 12.8 Å². The van der Waals surface area contributed by atoms with E-state index in [9.17, 15) is 4.79 Å². The summed E-state index contributed by atoms with van der Waals surface area (Å²) in [4.78, 5) is 16.1. The highest BCUT2D eigenvalue weighted by Gasteiger charge is 2.16. The van der Waals surface area contributed by atoms with Gasteiger partial charge in [0, 0.05) is 19.1 Å². The number of carbonyl (C=O) groups is 1. The quantitative estimate of drug-likeness (QED) is 0.830. The fourth-order valence-corrected chi connectivity index (χ4v) is 2.95. The van der Waals surface area contributed by atoms with Gasteiger partial charge in [-0.3, -0.25) is 0 Å². The van der Waals surface area contributed by atoms with Gasteiger partial charge in [-0.25, -0.2) is 9.78 Å². The maximum Gasteiger partial charge on any atom is 0.315 e. The smallest absolute Gasteiger partial charge is 0.315 e. The van der Waals surface area contributed by atoms with E-state index in [0.29, 0.717) is 12.6 Å². The molecule has 0 bridgehead atoms. The summed E-state index contributed by atoms with van der Waals surface area (Å²) in [5.41, 5.74) is 2.16. The first-order chi connectivity index (χ1) is 10.3. The van der Waals surface area contributed by atoms with Crippen LogP contribution in [0.2, 0.25) is 0 Å². The molecule has 1 aromatic carbocycles. The third-order valence-corrected chi connectivity index (χ3v) is 4.08. The fourth-order valence-electron chi connectivity index (χ4n) is 2.95. The number of para-hydroxylation sites is 2. The van der Waals surface area contributed by atoms with Crippen LogP contribution in [-0.4, -0.2) is 28.2 Å². The minimum absolute atomic E-state index is 0.0302. The van der Waals surface area contributed by atoms with Crippen LogP contribution in [0.4, 0.5) is 4.79 Å². The van der Waals surface area contributed by atoms with Crippen molar-refractivity contribution in [1.82, 2.24) is 20.2 Å². The Bertz CT molecular complexity index is 601. The molecule has 1 saturated carbocycles. The number of carbonyl (C=O) groups excluding carboxylic acids is 1. The first-order valence-corrected chi connectivity index (χ1v) is 7.77. The molecule has 0 spiro atoms. The number of aromatic nitrogens is 2. The summed E-state index contributed by atoms with van der Waals surface area (Å²) in [7, 11) is 0. The number of imidazole rings is 1. The van der Waals surface area contributed by atoms with Crippen LogP contribution < -0.4 is 10.6 Å². The molecule has 3 rings (SSSR count). The highest BCUT2D eigenvalue weighted by atomic mass is 16.2. The molecule has 0 radical (unpaired) electrons. The molecule has 0 atom stereocenters. The standard InChI is InChI=1S/C16H22N4O/c21-16(19-13-6-1-2-7-13)17-10-5-11-20-12-18-14-8-3-4-9-15(14)20/h3-4,8-9,12-13H,1-2,5-7,10-11H2,(H2,17,19,21). The second-order valence-corrected chi connectivity index (χ2v) is 5.66. The molecule has 112 valence electrons. The number of nitrogens with zero attached hydrogens (tertiary/aromatic N) is 2. The van der Waals surface area contributed by atoms with Crippen LogP contribution in [0.25, 0.3) is 11.0 Å². The van der Waals surface area contributed by atoms with Gasteiger partial charge in [-0.05, 0) is 31.4 Å². The zero-order chi connectivity index (χ0) is 14.5. The maximum atomic E-state index is 11.7. The molecule has 2 aromatic rings. The van der Waals surface area contributed by atoms with Gasteiger partial charge in [0.05, 0.1) is 17.4 Å². The molecule has 2 N–H and O–H groups in total. The average Bonchev–Trinajstić information content (AvgIpc) is 3.13. The highest BCUT2D eigenvalue weighted by Crippen LogP contribution is 2.17. The molecule has 5 nitrogen and oxygen atoms in total. The van der Waals surface area contributed by atoms with Crippen molar-refractivity contribution >= 4 is 17.1 Å². The van der Waals surface area contributed by atoms with E-state index in [1.54, 1.807) is 0 Å². The zero-order valence-corrected chi connectivity index (χ0v) is 12.2. The molecule has 21 heavy (non-hydrogen) atoms. The molecule has 1 heterocycles. The summed E-state index contributed by atoms with van der Waals surface area (Å²) in [5.74, 6) is 0. The second kappa shape index (κ2) is 6.61. The van der Waals surface area contributed by atoms with Gasteiger partial charge in [-0.2, -0.15) is 0 Å². The largest absolute Gasteiger partial charge is 0.338 e. The predicted molar refractivity (Wildman–Crippen MR) is 83.1 cm³/mol. The van der Waals surface area contributed by atoms with E-state index in [0.717, 1.165) is 36.8 Å². The van der Waals surface area contributed by atoms with E-state index in [-0.39, 0.29) is 6.03 Å². The van der Waals surface area contributed by atoms with E-state index < -0.39 is 0 Å². The van der Waals surface area contributed by atoms with Crippen LogP contribution in [0, 0.1) is 0 Å². The number of benzene rings is 1. The Balaban J connectivity index is 1.40. The van der Waals surface area contributed by atoms with Crippen LogP contribution in [0.3, 0.4) is 0 Å². The summed E-state index contributed by atoms with van der Waals surface area (Å²) >= 11 is 0. The Kier molecular flexibility index (Phi) is 4.38. The first kappa shape index (κ1) is 13.9. The van der Waals surface area contributed by atoms with Crippen molar-refractivity contribution in [3.8, 4) is 0 Å². The Labute approximate surface area is 124 Å². The number of fused-ring (bicyclic) bond motifs is 1. The predicted octanol–water partition coefficient (Wildman–Crippen LogP) is 2.67. The summed E-state index contributed by atoms with van der Waals surface area (Å²) in [6.45, 7) is 1.55. The summed E-state index contributed by atoms with van der Waals surface area (Å²) < 4.78 is 2.13. The molecule has 0 aliphatic heterocycles. The second-order valence-electron chi connectivity index (χ2n) is 5.66. The van der Waals surface area contributed by atoms with Crippen molar-refractivity contribution in [3.05, 3.63) is 30.6 Å². The fraction of sp³-hybridized carbons (Fsp3) is 0.500. The van der Waals surface area contributed by atoms with Crippen LogP contribution in [0.15, 0.2) is 30.6 Å². The summed E-state index contributed by atoms with van der Waals surface area (Å²) in [6.07, 6.45) is 7.47. The monoisotopic (exact) mass is 286 g/mol. The normalized spacial score (nSPS) is 15.4. The van der Waals surface area contributed by atoms with Gasteiger partial charge in [0.2, 0.25) is 0 Å². The van der Waals surface area contributed by atoms with Crippen LogP contribution in [0.5, 0.6) is 0 Å². The number of rotatable bonds is 5. The molecule has 1 aliphatic carbocycles. The Morgan fingerprint density at radius 1 is 1.29 bits per heavy atom. The summed E-state index contributed by atoms with van der Waals surface area (Å²) in [6, 6.07) is 8.45. The van der Waals surface area contributed by atoms with E-state index in [1.807, 2.05) is 24.5 Å². The van der Waals surface area contributed by atoms with Gasteiger partial charge in [0.25, 0.3) is 0 Å². The number of amides is 2. The number of nitrogens with one attached hydrogen (secondary N) is 2. The van der Waals surface area contributed by atoms with Crippen LogP contribution in [0.1, 0.15) is 32.1 Å². The maximum absolute atomic E-state index is 11.7. The van der Waals surface area contributed by atoms with Gasteiger partial charge < -0.3 is 15.2 Å². The number of hydrogen-bond donors (Lipinski definition) is 2. The third kappa shape index (κ3) is 3.54. The molecule has 0 unspecified atom stereocenters. The van der Waals surface area contributed by atoms with Crippen molar-refractivity contribution in [3.63, 3.8) is 0 Å².